The van der Waals surface area contributed by atoms with Crippen molar-refractivity contribution in [2.75, 3.05) is 50.1 Å². The average molecular weight is 466 g/mol. The van der Waals surface area contributed by atoms with Crippen molar-refractivity contribution in [3.05, 3.63) is 40.6 Å². The second-order valence-electron chi connectivity index (χ2n) is 7.96. The summed E-state index contributed by atoms with van der Waals surface area (Å²) in [6.45, 7) is 4.78. The Hall–Kier alpha value is -3.12. The Bertz CT molecular complexity index is 1060. The van der Waals surface area contributed by atoms with Crippen molar-refractivity contribution >= 4 is 23.5 Å². The lowest BCUT2D eigenvalue weighted by Crippen LogP contribution is -2.45. The number of benzene rings is 1. The normalized spacial score (nSPS) is 16.6. The second-order valence-corrected chi connectivity index (χ2v) is 7.96. The van der Waals surface area contributed by atoms with Crippen LogP contribution in [0.2, 0.25) is 0 Å². The van der Waals surface area contributed by atoms with Crippen LogP contribution in [0.5, 0.6) is 0 Å². The molecule has 1 fully saturated rings. The lowest BCUT2D eigenvalue weighted by Gasteiger charge is -2.35. The van der Waals surface area contributed by atoms with E-state index in [2.05, 4.69) is 15.7 Å². The summed E-state index contributed by atoms with van der Waals surface area (Å²) in [5.41, 5.74) is 0.199. The minimum atomic E-state index is -4.62. The van der Waals surface area contributed by atoms with E-state index in [1.807, 2.05) is 11.9 Å². The summed E-state index contributed by atoms with van der Waals surface area (Å²) >= 11 is 0. The predicted octanol–water partition coefficient (Wildman–Crippen LogP) is 2.51. The predicted molar refractivity (Wildman–Crippen MR) is 114 cm³/mol. The van der Waals surface area contributed by atoms with Gasteiger partial charge < -0.3 is 25.2 Å². The maximum atomic E-state index is 13.9. The number of rotatable bonds is 4. The van der Waals surface area contributed by atoms with Gasteiger partial charge in [0.1, 0.15) is 0 Å². The number of likely N-dealkylation sites (N-methyl/N-ethyl adjacent to an activating group) is 1. The van der Waals surface area contributed by atoms with Crippen LogP contribution in [0.3, 0.4) is 0 Å². The highest BCUT2D eigenvalue weighted by Gasteiger charge is 2.36. The van der Waals surface area contributed by atoms with Gasteiger partial charge in [-0.05, 0) is 32.2 Å². The van der Waals surface area contributed by atoms with Crippen molar-refractivity contribution < 1.29 is 27.5 Å². The molecule has 1 saturated heterocycles. The van der Waals surface area contributed by atoms with Gasteiger partial charge in [-0.3, -0.25) is 4.79 Å². The summed E-state index contributed by atoms with van der Waals surface area (Å²) in [4.78, 5) is 28.7. The highest BCUT2D eigenvalue weighted by Crippen LogP contribution is 2.38. The number of amides is 1. The van der Waals surface area contributed by atoms with E-state index in [9.17, 15) is 22.8 Å². The molecule has 0 atom stereocenters. The summed E-state index contributed by atoms with van der Waals surface area (Å²) in [6.07, 6.45) is -5.31. The van der Waals surface area contributed by atoms with Crippen LogP contribution < -0.4 is 15.5 Å². The number of piperazine rings is 1. The minimum absolute atomic E-state index is 0.0591. The Morgan fingerprint density at radius 1 is 1.18 bits per heavy atom. The van der Waals surface area contributed by atoms with Gasteiger partial charge in [-0.25, -0.2) is 4.79 Å². The number of alkyl halides is 3. The molecule has 33 heavy (non-hydrogen) atoms. The van der Waals surface area contributed by atoms with E-state index in [0.717, 1.165) is 10.7 Å². The number of hydrogen-bond acceptors (Lipinski definition) is 7. The molecule has 9 nitrogen and oxygen atoms in total. The molecule has 0 aliphatic carbocycles. The maximum absolute atomic E-state index is 13.9. The molecule has 0 saturated carbocycles. The van der Waals surface area contributed by atoms with E-state index in [4.69, 9.17) is 4.74 Å². The zero-order valence-corrected chi connectivity index (χ0v) is 18.3. The van der Waals surface area contributed by atoms with Crippen molar-refractivity contribution in [2.24, 2.45) is 0 Å². The summed E-state index contributed by atoms with van der Waals surface area (Å²) in [5, 5.41) is 9.73. The van der Waals surface area contributed by atoms with Crippen LogP contribution >= 0.6 is 0 Å². The Morgan fingerprint density at radius 2 is 1.91 bits per heavy atom. The fraction of sp³-hybridized carbons (Fsp3) is 0.476. The number of ether oxygens (including phenoxy) is 1. The van der Waals surface area contributed by atoms with Gasteiger partial charge in [0.15, 0.2) is 5.82 Å². The number of halogens is 3. The molecule has 1 aromatic carbocycles. The van der Waals surface area contributed by atoms with E-state index in [-0.39, 0.29) is 23.7 Å². The van der Waals surface area contributed by atoms with E-state index in [1.165, 1.54) is 12.1 Å². The first-order valence-corrected chi connectivity index (χ1v) is 10.6. The third kappa shape index (κ3) is 4.67. The molecule has 2 aromatic rings. The lowest BCUT2D eigenvalue weighted by molar-refractivity contribution is -0.137. The van der Waals surface area contributed by atoms with Crippen LogP contribution in [0.1, 0.15) is 34.1 Å². The van der Waals surface area contributed by atoms with Crippen LogP contribution in [-0.2, 0) is 24.0 Å². The Labute approximate surface area is 188 Å². The third-order valence-corrected chi connectivity index (χ3v) is 5.76. The number of carbonyl (C=O) groups excluding carboxylic acids is 2. The maximum Gasteiger partial charge on any atom is 0.435 e. The van der Waals surface area contributed by atoms with Crippen molar-refractivity contribution in [1.29, 1.82) is 0 Å². The van der Waals surface area contributed by atoms with Gasteiger partial charge in [0.2, 0.25) is 0 Å². The monoisotopic (exact) mass is 466 g/mol. The molecule has 1 amide bonds. The highest BCUT2D eigenvalue weighted by atomic mass is 19.4. The first kappa shape index (κ1) is 23.1. The van der Waals surface area contributed by atoms with Crippen molar-refractivity contribution in [3.8, 4) is 0 Å². The van der Waals surface area contributed by atoms with Gasteiger partial charge in [0, 0.05) is 56.1 Å². The fourth-order valence-corrected chi connectivity index (χ4v) is 4.00. The molecule has 178 valence electrons. The average Bonchev–Trinajstić information content (AvgIpc) is 3.37. The quantitative estimate of drug-likeness (QED) is 0.716. The van der Waals surface area contributed by atoms with E-state index >= 15 is 0 Å². The highest BCUT2D eigenvalue weighted by molar-refractivity contribution is 6.04. The number of hydrogen-bond donors (Lipinski definition) is 2. The molecule has 0 bridgehead atoms. The van der Waals surface area contributed by atoms with Crippen LogP contribution in [0.15, 0.2) is 18.2 Å². The molecule has 0 unspecified atom stereocenters. The summed E-state index contributed by atoms with van der Waals surface area (Å²) in [7, 11) is 1.92. The Morgan fingerprint density at radius 3 is 2.58 bits per heavy atom. The van der Waals surface area contributed by atoms with E-state index in [0.29, 0.717) is 50.5 Å². The van der Waals surface area contributed by atoms with Gasteiger partial charge in [0.25, 0.3) is 5.91 Å². The Kier molecular flexibility index (Phi) is 6.30. The number of aromatic nitrogens is 2. The van der Waals surface area contributed by atoms with Gasteiger partial charge in [-0.15, -0.1) is 5.10 Å². The molecule has 4 rings (SSSR count). The van der Waals surface area contributed by atoms with Crippen LogP contribution in [-0.4, -0.2) is 66.5 Å². The largest absolute Gasteiger partial charge is 0.448 e. The van der Waals surface area contributed by atoms with Crippen LogP contribution in [0.25, 0.3) is 0 Å². The molecular formula is C21H25F3N6O3. The second kappa shape index (κ2) is 9.02. The molecule has 2 N–H and O–H groups in total. The zero-order valence-electron chi connectivity index (χ0n) is 18.3. The van der Waals surface area contributed by atoms with Crippen LogP contribution in [0, 0.1) is 0 Å². The minimum Gasteiger partial charge on any atom is -0.448 e. The molecule has 2 aliphatic heterocycles. The van der Waals surface area contributed by atoms with Crippen molar-refractivity contribution in [3.63, 3.8) is 0 Å². The molecule has 0 spiro atoms. The summed E-state index contributed by atoms with van der Waals surface area (Å²) in [5.74, 6) is -0.626. The van der Waals surface area contributed by atoms with E-state index in [1.54, 1.807) is 11.8 Å². The van der Waals surface area contributed by atoms with E-state index < -0.39 is 23.7 Å². The molecule has 0 radical (unpaired) electrons. The van der Waals surface area contributed by atoms with Gasteiger partial charge in [-0.1, -0.05) is 0 Å². The topological polar surface area (TPSA) is 91.7 Å². The van der Waals surface area contributed by atoms with Gasteiger partial charge in [0.05, 0.1) is 17.9 Å². The number of fused-ring (bicyclic) bond motifs is 1. The molecule has 12 heteroatoms. The first-order valence-electron chi connectivity index (χ1n) is 10.6. The summed E-state index contributed by atoms with van der Waals surface area (Å²) in [6, 6.07) is 3.58. The standard InChI is InChI=1S/C21H25F3N6O3/c1-3-33-20(32)30-17-12-25-11-14(17)18(27-30)26-19(31)13-4-5-16(15(10-13)21(22,23)24)29-8-6-28(2)7-9-29/h4-5,10,25H,3,6-9,11-12H2,1-2H3,(H,26,27,31). The number of anilines is 2. The number of carbonyl (C=O) groups is 2. The molecule has 1 aromatic heterocycles. The van der Waals surface area contributed by atoms with Gasteiger partial charge >= 0.3 is 12.3 Å². The molecule has 2 aliphatic rings. The van der Waals surface area contributed by atoms with Crippen molar-refractivity contribution in [1.82, 2.24) is 20.0 Å². The summed E-state index contributed by atoms with van der Waals surface area (Å²) < 4.78 is 47.6. The Balaban J connectivity index is 1.60. The SMILES string of the molecule is CCOC(=O)n1nc(NC(=O)c2ccc(N3CCN(C)CC3)c(C(F)(F)F)c2)c2c1CNC2. The zero-order chi connectivity index (χ0) is 23.8. The van der Waals surface area contributed by atoms with Crippen molar-refractivity contribution in [2.45, 2.75) is 26.2 Å². The smallest absolute Gasteiger partial charge is 0.435 e. The number of nitrogens with zero attached hydrogens (tertiary/aromatic N) is 4. The van der Waals surface area contributed by atoms with Gasteiger partial charge in [-0.2, -0.15) is 17.9 Å². The lowest BCUT2D eigenvalue weighted by atomic mass is 10.1. The number of nitrogens with one attached hydrogen (secondary N) is 2. The molecule has 3 heterocycles. The van der Waals surface area contributed by atoms with Crippen LogP contribution in [0.4, 0.5) is 29.5 Å². The first-order chi connectivity index (χ1) is 15.7. The fourth-order valence-electron chi connectivity index (χ4n) is 4.00. The third-order valence-electron chi connectivity index (χ3n) is 5.76. The molecular weight excluding hydrogens is 441 g/mol.